The molecule has 7 heteroatoms. The van der Waals surface area contributed by atoms with Crippen LogP contribution < -0.4 is 15.5 Å². The van der Waals surface area contributed by atoms with Crippen LogP contribution in [0.5, 0.6) is 0 Å². The van der Waals surface area contributed by atoms with Gasteiger partial charge in [-0.2, -0.15) is 0 Å². The number of carbonyl (C=O) groups excluding carboxylic acids is 3. The Morgan fingerprint density at radius 3 is 2.52 bits per heavy atom. The number of hydrogen-bond donors (Lipinski definition) is 2. The van der Waals surface area contributed by atoms with Gasteiger partial charge in [0.1, 0.15) is 0 Å². The monoisotopic (exact) mass is 443 g/mol. The Hall–Kier alpha value is -4.13. The molecular weight excluding hydrogens is 418 g/mol. The predicted octanol–water partition coefficient (Wildman–Crippen LogP) is 4.31. The maximum atomic E-state index is 13.0. The van der Waals surface area contributed by atoms with E-state index in [0.29, 0.717) is 17.8 Å². The number of methoxy groups -OCH3 is 1. The smallest absolute Gasteiger partial charge is 0.339 e. The van der Waals surface area contributed by atoms with Crippen molar-refractivity contribution in [3.8, 4) is 0 Å². The lowest BCUT2D eigenvalue weighted by Gasteiger charge is -2.18. The molecule has 1 aliphatic heterocycles. The van der Waals surface area contributed by atoms with Gasteiger partial charge in [0.2, 0.25) is 0 Å². The summed E-state index contributed by atoms with van der Waals surface area (Å²) < 4.78 is 4.75. The maximum absolute atomic E-state index is 13.0. The van der Waals surface area contributed by atoms with Crippen LogP contribution in [-0.2, 0) is 17.7 Å². The number of urea groups is 1. The van der Waals surface area contributed by atoms with Gasteiger partial charge < -0.3 is 20.3 Å². The molecular formula is C26H25N3O4. The zero-order valence-corrected chi connectivity index (χ0v) is 18.6. The van der Waals surface area contributed by atoms with Crippen LogP contribution in [0.2, 0.25) is 0 Å². The highest BCUT2D eigenvalue weighted by molar-refractivity contribution is 6.07. The number of hydrogen-bond acceptors (Lipinski definition) is 4. The molecule has 7 nitrogen and oxygen atoms in total. The van der Waals surface area contributed by atoms with Crippen molar-refractivity contribution in [1.82, 2.24) is 5.32 Å². The Kier molecular flexibility index (Phi) is 6.40. The Balaban J connectivity index is 1.43. The van der Waals surface area contributed by atoms with Crippen LogP contribution in [0.1, 0.15) is 37.4 Å². The lowest BCUT2D eigenvalue weighted by molar-refractivity contribution is 0.0601. The van der Waals surface area contributed by atoms with E-state index < -0.39 is 12.0 Å². The lowest BCUT2D eigenvalue weighted by Crippen LogP contribution is -2.30. The normalized spacial score (nSPS) is 12.1. The van der Waals surface area contributed by atoms with Gasteiger partial charge in [-0.1, -0.05) is 42.0 Å². The number of carbonyl (C=O) groups is 3. The summed E-state index contributed by atoms with van der Waals surface area (Å²) in [6.07, 6.45) is 0.797. The van der Waals surface area contributed by atoms with Crippen LogP contribution >= 0.6 is 0 Å². The van der Waals surface area contributed by atoms with Gasteiger partial charge in [-0.3, -0.25) is 4.79 Å². The molecule has 0 radical (unpaired) electrons. The molecule has 0 aliphatic carbocycles. The largest absolute Gasteiger partial charge is 0.465 e. The molecule has 4 rings (SSSR count). The average molecular weight is 444 g/mol. The Morgan fingerprint density at radius 1 is 1.00 bits per heavy atom. The van der Waals surface area contributed by atoms with E-state index in [0.717, 1.165) is 28.8 Å². The fraction of sp³-hybridized carbons (Fsp3) is 0.192. The second-order valence-electron chi connectivity index (χ2n) is 7.88. The van der Waals surface area contributed by atoms with Crippen molar-refractivity contribution in [3.05, 3.63) is 94.5 Å². The van der Waals surface area contributed by atoms with E-state index in [1.807, 2.05) is 49.4 Å². The third-order valence-corrected chi connectivity index (χ3v) is 5.62. The number of nitrogens with zero attached hydrogens (tertiary/aromatic N) is 1. The van der Waals surface area contributed by atoms with Gasteiger partial charge in [0, 0.05) is 24.3 Å². The summed E-state index contributed by atoms with van der Waals surface area (Å²) in [7, 11) is 1.29. The molecule has 168 valence electrons. The first-order valence-electron chi connectivity index (χ1n) is 10.7. The molecule has 1 heterocycles. The van der Waals surface area contributed by atoms with Crippen molar-refractivity contribution in [3.63, 3.8) is 0 Å². The molecule has 1 aliphatic rings. The molecule has 0 saturated carbocycles. The summed E-state index contributed by atoms with van der Waals surface area (Å²) in [5, 5.41) is 5.49. The van der Waals surface area contributed by atoms with Crippen molar-refractivity contribution < 1.29 is 19.1 Å². The SMILES string of the molecule is COC(=O)c1ccccc1NC(=O)NCc1ccc2c(c1)N(C(=O)c1ccc(C)cc1)CC2. The molecule has 3 aromatic rings. The number of para-hydroxylation sites is 1. The van der Waals surface area contributed by atoms with Crippen molar-refractivity contribution in [1.29, 1.82) is 0 Å². The Bertz CT molecular complexity index is 1200. The first-order chi connectivity index (χ1) is 16.0. The number of rotatable bonds is 5. The van der Waals surface area contributed by atoms with Gasteiger partial charge in [0.25, 0.3) is 5.91 Å². The molecule has 0 fully saturated rings. The minimum absolute atomic E-state index is 0.0315. The van der Waals surface area contributed by atoms with Crippen molar-refractivity contribution in [2.24, 2.45) is 0 Å². The van der Waals surface area contributed by atoms with Gasteiger partial charge in [0.15, 0.2) is 0 Å². The number of aryl methyl sites for hydroxylation is 1. The van der Waals surface area contributed by atoms with E-state index >= 15 is 0 Å². The summed E-state index contributed by atoms with van der Waals surface area (Å²) in [6.45, 7) is 2.89. The molecule has 0 saturated heterocycles. The summed E-state index contributed by atoms with van der Waals surface area (Å²) >= 11 is 0. The number of nitrogens with one attached hydrogen (secondary N) is 2. The number of anilines is 2. The summed E-state index contributed by atoms with van der Waals surface area (Å²) in [4.78, 5) is 39.1. The maximum Gasteiger partial charge on any atom is 0.339 e. The van der Waals surface area contributed by atoms with E-state index in [9.17, 15) is 14.4 Å². The highest BCUT2D eigenvalue weighted by atomic mass is 16.5. The number of benzene rings is 3. The number of amides is 3. The van der Waals surface area contributed by atoms with E-state index in [1.54, 1.807) is 29.2 Å². The highest BCUT2D eigenvalue weighted by Crippen LogP contribution is 2.30. The summed E-state index contributed by atoms with van der Waals surface area (Å²) in [6, 6.07) is 19.6. The van der Waals surface area contributed by atoms with Gasteiger partial charge in [0.05, 0.1) is 18.4 Å². The fourth-order valence-electron chi connectivity index (χ4n) is 3.83. The quantitative estimate of drug-likeness (QED) is 0.576. The molecule has 3 aromatic carbocycles. The highest BCUT2D eigenvalue weighted by Gasteiger charge is 2.25. The molecule has 0 atom stereocenters. The Labute approximate surface area is 192 Å². The van der Waals surface area contributed by atoms with Crippen LogP contribution in [0.25, 0.3) is 0 Å². The van der Waals surface area contributed by atoms with Gasteiger partial charge in [-0.25, -0.2) is 9.59 Å². The van der Waals surface area contributed by atoms with Gasteiger partial charge in [-0.05, 0) is 54.8 Å². The van der Waals surface area contributed by atoms with E-state index in [-0.39, 0.29) is 18.0 Å². The zero-order chi connectivity index (χ0) is 23.4. The van der Waals surface area contributed by atoms with E-state index in [1.165, 1.54) is 7.11 Å². The molecule has 0 aromatic heterocycles. The second kappa shape index (κ2) is 9.56. The zero-order valence-electron chi connectivity index (χ0n) is 18.6. The van der Waals surface area contributed by atoms with Crippen molar-refractivity contribution >= 4 is 29.3 Å². The number of ether oxygens (including phenoxy) is 1. The standard InChI is InChI=1S/C26H25N3O4/c1-17-7-10-20(11-8-17)24(30)29-14-13-19-12-9-18(15-23(19)29)16-27-26(32)28-22-6-4-3-5-21(22)25(31)33-2/h3-12,15H,13-14,16H2,1-2H3,(H2,27,28,32). The Morgan fingerprint density at radius 2 is 1.76 bits per heavy atom. The topological polar surface area (TPSA) is 87.7 Å². The lowest BCUT2D eigenvalue weighted by atomic mass is 10.1. The minimum Gasteiger partial charge on any atom is -0.465 e. The third-order valence-electron chi connectivity index (χ3n) is 5.62. The predicted molar refractivity (Wildman–Crippen MR) is 127 cm³/mol. The molecule has 0 bridgehead atoms. The molecule has 33 heavy (non-hydrogen) atoms. The molecule has 3 amide bonds. The third kappa shape index (κ3) is 4.87. The molecule has 0 unspecified atom stereocenters. The fourth-order valence-corrected chi connectivity index (χ4v) is 3.83. The van der Waals surface area contributed by atoms with Crippen LogP contribution in [0.4, 0.5) is 16.2 Å². The van der Waals surface area contributed by atoms with Crippen LogP contribution in [-0.4, -0.2) is 31.6 Å². The number of fused-ring (bicyclic) bond motifs is 1. The van der Waals surface area contributed by atoms with Crippen LogP contribution in [0.3, 0.4) is 0 Å². The van der Waals surface area contributed by atoms with Crippen LogP contribution in [0.15, 0.2) is 66.7 Å². The average Bonchev–Trinajstić information content (AvgIpc) is 3.26. The first kappa shape index (κ1) is 22.1. The summed E-state index contributed by atoms with van der Waals surface area (Å²) in [5.74, 6) is -0.557. The minimum atomic E-state index is -0.525. The van der Waals surface area contributed by atoms with Gasteiger partial charge in [-0.15, -0.1) is 0 Å². The van der Waals surface area contributed by atoms with E-state index in [2.05, 4.69) is 10.6 Å². The molecule has 0 spiro atoms. The van der Waals surface area contributed by atoms with Crippen molar-refractivity contribution in [2.45, 2.75) is 19.9 Å². The van der Waals surface area contributed by atoms with Crippen LogP contribution in [0, 0.1) is 6.92 Å². The van der Waals surface area contributed by atoms with Crippen molar-refractivity contribution in [2.75, 3.05) is 23.9 Å². The summed E-state index contributed by atoms with van der Waals surface area (Å²) in [5.41, 5.74) is 5.25. The van der Waals surface area contributed by atoms with Gasteiger partial charge >= 0.3 is 12.0 Å². The van der Waals surface area contributed by atoms with E-state index in [4.69, 9.17) is 4.74 Å². The number of esters is 1. The first-order valence-corrected chi connectivity index (χ1v) is 10.7. The molecule has 2 N–H and O–H groups in total. The second-order valence-corrected chi connectivity index (χ2v) is 7.88.